The fourth-order valence-corrected chi connectivity index (χ4v) is 3.74. The summed E-state index contributed by atoms with van der Waals surface area (Å²) >= 11 is 0. The molecule has 3 rings (SSSR count). The summed E-state index contributed by atoms with van der Waals surface area (Å²) in [5.74, 6) is -0.0194. The number of ether oxygens (including phenoxy) is 3. The summed E-state index contributed by atoms with van der Waals surface area (Å²) in [6.45, 7) is 1.52. The van der Waals surface area contributed by atoms with Gasteiger partial charge in [0, 0.05) is 17.7 Å². The van der Waals surface area contributed by atoms with E-state index in [1.165, 1.54) is 6.92 Å². The van der Waals surface area contributed by atoms with Crippen LogP contribution in [0, 0.1) is 17.2 Å². The number of benzene rings is 2. The molecule has 0 aliphatic carbocycles. The highest BCUT2D eigenvalue weighted by molar-refractivity contribution is 5.97. The summed E-state index contributed by atoms with van der Waals surface area (Å²) in [6, 6.07) is 15.7. The Kier molecular flexibility index (Phi) is 6.58. The molecule has 0 saturated carbocycles. The zero-order valence-corrected chi connectivity index (χ0v) is 17.2. The van der Waals surface area contributed by atoms with Crippen molar-refractivity contribution in [2.24, 2.45) is 5.92 Å². The van der Waals surface area contributed by atoms with Gasteiger partial charge in [-0.05, 0) is 43.7 Å². The number of para-hydroxylation sites is 1. The van der Waals surface area contributed by atoms with Crippen LogP contribution in [-0.2, 0) is 14.3 Å². The van der Waals surface area contributed by atoms with Gasteiger partial charge in [-0.3, -0.25) is 9.59 Å². The third kappa shape index (κ3) is 4.23. The lowest BCUT2D eigenvalue weighted by Gasteiger charge is -2.40. The molecule has 30 heavy (non-hydrogen) atoms. The van der Waals surface area contributed by atoms with Crippen LogP contribution in [0.3, 0.4) is 0 Å². The highest BCUT2D eigenvalue weighted by atomic mass is 16.5. The monoisotopic (exact) mass is 408 g/mol. The van der Waals surface area contributed by atoms with E-state index in [1.54, 1.807) is 49.5 Å². The number of hydrogen-bond donors (Lipinski definition) is 0. The predicted octanol–water partition coefficient (Wildman–Crippen LogP) is 3.64. The summed E-state index contributed by atoms with van der Waals surface area (Å²) in [5.41, 5.74) is 1.35. The first-order chi connectivity index (χ1) is 14.5. The van der Waals surface area contributed by atoms with Crippen LogP contribution in [-0.4, -0.2) is 32.2 Å². The molecule has 7 nitrogen and oxygen atoms in total. The number of piperidine rings is 1. The van der Waals surface area contributed by atoms with Crippen LogP contribution < -0.4 is 14.4 Å². The number of methoxy groups -OCH3 is 2. The fraction of sp³-hybridized carbons (Fsp3) is 0.348. The topological polar surface area (TPSA) is 88.9 Å². The Balaban J connectivity index is 2.10. The smallest absolute Gasteiger partial charge is 0.312 e. The number of esters is 1. The summed E-state index contributed by atoms with van der Waals surface area (Å²) in [7, 11) is 3.12. The Labute approximate surface area is 175 Å². The third-order valence-electron chi connectivity index (χ3n) is 5.18. The Morgan fingerprint density at radius 2 is 1.83 bits per heavy atom. The Morgan fingerprint density at radius 3 is 2.47 bits per heavy atom. The first-order valence-corrected chi connectivity index (χ1v) is 9.69. The quantitative estimate of drug-likeness (QED) is 0.678. The van der Waals surface area contributed by atoms with E-state index in [1.807, 2.05) is 24.3 Å². The molecule has 3 atom stereocenters. The van der Waals surface area contributed by atoms with Crippen LogP contribution >= 0.6 is 0 Å². The molecule has 2 aromatic carbocycles. The zero-order valence-electron chi connectivity index (χ0n) is 17.2. The van der Waals surface area contributed by atoms with Gasteiger partial charge in [0.1, 0.15) is 17.6 Å². The average Bonchev–Trinajstić information content (AvgIpc) is 2.78. The second-order valence-corrected chi connectivity index (χ2v) is 7.00. The van der Waals surface area contributed by atoms with Crippen LogP contribution in [0.25, 0.3) is 0 Å². The van der Waals surface area contributed by atoms with Gasteiger partial charge in [0.2, 0.25) is 5.91 Å². The number of rotatable bonds is 6. The summed E-state index contributed by atoms with van der Waals surface area (Å²) in [6.07, 6.45) is -0.355. The van der Waals surface area contributed by atoms with E-state index in [2.05, 4.69) is 0 Å². The molecule has 1 fully saturated rings. The van der Waals surface area contributed by atoms with Crippen LogP contribution in [0.5, 0.6) is 11.5 Å². The molecule has 0 aromatic heterocycles. The molecule has 0 spiro atoms. The normalized spacial score (nSPS) is 19.5. The summed E-state index contributed by atoms with van der Waals surface area (Å²) in [5, 5.41) is 9.04. The Morgan fingerprint density at radius 1 is 1.13 bits per heavy atom. The number of carbonyl (C=O) groups excluding carboxylic acids is 2. The molecule has 0 bridgehead atoms. The molecule has 2 aromatic rings. The fourth-order valence-electron chi connectivity index (χ4n) is 3.74. The summed E-state index contributed by atoms with van der Waals surface area (Å²) in [4.78, 5) is 27.6. The number of anilines is 1. The lowest BCUT2D eigenvalue weighted by atomic mass is 9.83. The third-order valence-corrected chi connectivity index (χ3v) is 5.18. The van der Waals surface area contributed by atoms with Gasteiger partial charge in [0.25, 0.3) is 0 Å². The summed E-state index contributed by atoms with van der Waals surface area (Å²) < 4.78 is 16.1. The Bertz CT molecular complexity index is 951. The minimum atomic E-state index is -0.872. The molecule has 156 valence electrons. The second-order valence-electron chi connectivity index (χ2n) is 7.00. The predicted molar refractivity (Wildman–Crippen MR) is 110 cm³/mol. The lowest BCUT2D eigenvalue weighted by Crippen LogP contribution is -2.46. The van der Waals surface area contributed by atoms with Crippen molar-refractivity contribution >= 4 is 17.6 Å². The van der Waals surface area contributed by atoms with E-state index < -0.39 is 24.0 Å². The van der Waals surface area contributed by atoms with Gasteiger partial charge in [-0.15, -0.1) is 0 Å². The highest BCUT2D eigenvalue weighted by Gasteiger charge is 2.43. The zero-order chi connectivity index (χ0) is 21.7. The molecule has 1 aliphatic rings. The largest absolute Gasteiger partial charge is 0.497 e. The molecule has 0 radical (unpaired) electrons. The lowest BCUT2D eigenvalue weighted by molar-refractivity contribution is -0.153. The van der Waals surface area contributed by atoms with E-state index in [0.29, 0.717) is 29.2 Å². The van der Waals surface area contributed by atoms with Crippen LogP contribution in [0.1, 0.15) is 31.4 Å². The van der Waals surface area contributed by atoms with Crippen molar-refractivity contribution in [3.63, 3.8) is 0 Å². The van der Waals surface area contributed by atoms with Crippen LogP contribution in [0.4, 0.5) is 5.69 Å². The number of nitrogens with zero attached hydrogens (tertiary/aromatic N) is 2. The molecule has 7 heteroatoms. The number of nitriles is 1. The van der Waals surface area contributed by atoms with Crippen molar-refractivity contribution in [2.45, 2.75) is 31.9 Å². The molecule has 1 saturated heterocycles. The van der Waals surface area contributed by atoms with Crippen molar-refractivity contribution in [1.29, 1.82) is 5.26 Å². The van der Waals surface area contributed by atoms with Gasteiger partial charge in [0.15, 0.2) is 6.10 Å². The average molecular weight is 408 g/mol. The van der Waals surface area contributed by atoms with E-state index >= 15 is 0 Å². The minimum absolute atomic E-state index is 0.103. The van der Waals surface area contributed by atoms with E-state index in [0.717, 1.165) is 0 Å². The minimum Gasteiger partial charge on any atom is -0.497 e. The van der Waals surface area contributed by atoms with Gasteiger partial charge in [-0.25, -0.2) is 0 Å². The maximum absolute atomic E-state index is 13.0. The van der Waals surface area contributed by atoms with Gasteiger partial charge in [-0.2, -0.15) is 5.26 Å². The van der Waals surface area contributed by atoms with Crippen molar-refractivity contribution in [2.75, 3.05) is 19.1 Å². The van der Waals surface area contributed by atoms with E-state index in [-0.39, 0.29) is 12.3 Å². The first-order valence-electron chi connectivity index (χ1n) is 9.69. The molecular formula is C23H24N2O5. The molecule has 0 unspecified atom stereocenters. The first kappa shape index (κ1) is 21.2. The molecular weight excluding hydrogens is 384 g/mol. The van der Waals surface area contributed by atoms with Gasteiger partial charge < -0.3 is 19.1 Å². The maximum atomic E-state index is 13.0. The molecule has 1 heterocycles. The van der Waals surface area contributed by atoms with Gasteiger partial charge >= 0.3 is 5.97 Å². The van der Waals surface area contributed by atoms with Gasteiger partial charge in [0.05, 0.1) is 26.2 Å². The van der Waals surface area contributed by atoms with Crippen molar-refractivity contribution in [1.82, 2.24) is 0 Å². The number of hydrogen-bond acceptors (Lipinski definition) is 6. The molecule has 1 amide bonds. The molecule has 1 aliphatic heterocycles. The van der Waals surface area contributed by atoms with Gasteiger partial charge in [-0.1, -0.05) is 18.2 Å². The van der Waals surface area contributed by atoms with Crippen molar-refractivity contribution < 1.29 is 23.8 Å². The number of carbonyl (C=O) groups is 2. The van der Waals surface area contributed by atoms with Crippen molar-refractivity contribution in [3.05, 3.63) is 54.1 Å². The van der Waals surface area contributed by atoms with Crippen molar-refractivity contribution in [3.8, 4) is 17.6 Å². The van der Waals surface area contributed by atoms with Crippen LogP contribution in [0.2, 0.25) is 0 Å². The maximum Gasteiger partial charge on any atom is 0.312 e. The number of amides is 1. The molecule has 0 N–H and O–H groups in total. The highest BCUT2D eigenvalue weighted by Crippen LogP contribution is 2.43. The van der Waals surface area contributed by atoms with Crippen LogP contribution in [0.15, 0.2) is 48.5 Å². The second kappa shape index (κ2) is 9.31. The standard InChI is InChI=1S/C23H24N2O5/c1-15(14-24)30-23(27)19-12-13-21(26)25(16-8-10-17(28-2)11-9-16)22(19)18-6-4-5-7-20(18)29-3/h4-11,15,19,22H,12-13H2,1-3H3/t15-,19-,22-/m1/s1. The SMILES string of the molecule is COc1ccc(N2C(=O)CC[C@@H](C(=O)O[C@H](C)C#N)[C@H]2c2ccccc2OC)cc1. The van der Waals surface area contributed by atoms with E-state index in [9.17, 15) is 9.59 Å². The Hall–Kier alpha value is -3.53. The van der Waals surface area contributed by atoms with E-state index in [4.69, 9.17) is 19.5 Å².